The van der Waals surface area contributed by atoms with Gasteiger partial charge in [-0.2, -0.15) is 0 Å². The molecule has 1 unspecified atom stereocenters. The highest BCUT2D eigenvalue weighted by Gasteiger charge is 2.36. The average Bonchev–Trinajstić information content (AvgIpc) is 3.47. The van der Waals surface area contributed by atoms with Crippen molar-refractivity contribution < 1.29 is 14.7 Å². The maximum absolute atomic E-state index is 12.0. The highest BCUT2D eigenvalue weighted by atomic mass is 32.1. The molecule has 1 aromatic carbocycles. The number of aliphatic hydroxyl groups excluding tert-OH is 1. The molecule has 0 aliphatic carbocycles. The monoisotopic (exact) mass is 476 g/mol. The number of nitrogens with two attached hydrogens (primary N) is 1. The van der Waals surface area contributed by atoms with Crippen LogP contribution >= 0.6 is 11.3 Å². The first kappa shape index (κ1) is 28.9. The number of carbonyl (C=O) groups excluding carboxylic acids is 2. The second-order valence-corrected chi connectivity index (χ2v) is 9.98. The van der Waals surface area contributed by atoms with Crippen LogP contribution in [0.3, 0.4) is 0 Å². The standard InChI is InChI=1S/C13H16N2S.C11H20N2O2.CH4O/c1-9(14-3)11-4-6-12(7-5-11)13-10(2)15-8-16-13;1-11(2,3)9(12)10(15)13-6-4-5-8(13)7-14;1-2/h4-9,14H,1-3H3;7-9H,4-6,12H2,1-3H3;2H,1H3/t9-;8-,9?;/m00./s1. The lowest BCUT2D eigenvalue weighted by molar-refractivity contribution is -0.137. The zero-order valence-corrected chi connectivity index (χ0v) is 21.8. The number of hydrogen-bond acceptors (Lipinski definition) is 7. The van der Waals surface area contributed by atoms with Gasteiger partial charge in [0.05, 0.1) is 28.2 Å². The fraction of sp³-hybridized carbons (Fsp3) is 0.560. The number of likely N-dealkylation sites (tertiary alicyclic amines) is 1. The van der Waals surface area contributed by atoms with Crippen LogP contribution in [0, 0.1) is 12.3 Å². The lowest BCUT2D eigenvalue weighted by atomic mass is 9.86. The largest absolute Gasteiger partial charge is 0.400 e. The summed E-state index contributed by atoms with van der Waals surface area (Å²) in [4.78, 5) is 29.9. The van der Waals surface area contributed by atoms with Gasteiger partial charge in [-0.1, -0.05) is 45.0 Å². The number of aliphatic hydroxyl groups is 1. The van der Waals surface area contributed by atoms with Crippen LogP contribution in [0.5, 0.6) is 0 Å². The van der Waals surface area contributed by atoms with Crippen molar-refractivity contribution in [2.24, 2.45) is 11.1 Å². The van der Waals surface area contributed by atoms with Crippen LogP contribution in [-0.2, 0) is 9.59 Å². The van der Waals surface area contributed by atoms with Crippen LogP contribution < -0.4 is 11.1 Å². The van der Waals surface area contributed by atoms with E-state index in [9.17, 15) is 9.59 Å². The topological polar surface area (TPSA) is 109 Å². The van der Waals surface area contributed by atoms with Crippen molar-refractivity contribution in [1.82, 2.24) is 15.2 Å². The number of nitrogens with one attached hydrogen (secondary N) is 1. The third-order valence-electron chi connectivity index (χ3n) is 5.79. The third-order valence-corrected chi connectivity index (χ3v) is 6.77. The Kier molecular flexibility index (Phi) is 11.9. The third kappa shape index (κ3) is 7.99. The molecule has 1 aromatic heterocycles. The van der Waals surface area contributed by atoms with Gasteiger partial charge in [-0.3, -0.25) is 4.79 Å². The molecule has 0 radical (unpaired) electrons. The Balaban J connectivity index is 0.000000308. The number of carbonyl (C=O) groups is 2. The number of aryl methyl sites for hydroxylation is 1. The van der Waals surface area contributed by atoms with Crippen molar-refractivity contribution in [1.29, 1.82) is 0 Å². The van der Waals surface area contributed by atoms with E-state index in [0.29, 0.717) is 12.6 Å². The van der Waals surface area contributed by atoms with Crippen molar-refractivity contribution in [3.05, 3.63) is 41.0 Å². The number of nitrogens with zero attached hydrogens (tertiary/aromatic N) is 2. The number of amides is 1. The molecule has 3 rings (SSSR count). The maximum atomic E-state index is 12.0. The van der Waals surface area contributed by atoms with Gasteiger partial charge in [0.1, 0.15) is 6.29 Å². The molecule has 184 valence electrons. The molecule has 2 aromatic rings. The summed E-state index contributed by atoms with van der Waals surface area (Å²) in [6.45, 7) is 10.7. The minimum absolute atomic E-state index is 0.0999. The van der Waals surface area contributed by atoms with Crippen LogP contribution in [0.1, 0.15) is 57.8 Å². The van der Waals surface area contributed by atoms with Gasteiger partial charge in [-0.15, -0.1) is 11.3 Å². The number of benzene rings is 1. The summed E-state index contributed by atoms with van der Waals surface area (Å²) in [6, 6.07) is 8.30. The van der Waals surface area contributed by atoms with Crippen molar-refractivity contribution in [2.45, 2.75) is 65.6 Å². The predicted molar refractivity (Wildman–Crippen MR) is 136 cm³/mol. The molecular weight excluding hydrogens is 436 g/mol. The second-order valence-electron chi connectivity index (χ2n) is 9.12. The highest BCUT2D eigenvalue weighted by Crippen LogP contribution is 2.28. The van der Waals surface area contributed by atoms with Crippen LogP contribution in [-0.4, -0.2) is 60.0 Å². The van der Waals surface area contributed by atoms with Crippen LogP contribution in [0.4, 0.5) is 0 Å². The molecule has 1 amide bonds. The number of thiazole rings is 1. The van der Waals surface area contributed by atoms with Gasteiger partial charge in [0.15, 0.2) is 0 Å². The molecule has 0 saturated carbocycles. The van der Waals surface area contributed by atoms with Crippen molar-refractivity contribution in [3.8, 4) is 10.4 Å². The Bertz CT molecular complexity index is 861. The van der Waals surface area contributed by atoms with Gasteiger partial charge >= 0.3 is 0 Å². The number of rotatable bonds is 5. The van der Waals surface area contributed by atoms with E-state index >= 15 is 0 Å². The minimum Gasteiger partial charge on any atom is -0.400 e. The maximum Gasteiger partial charge on any atom is 0.240 e. The van der Waals surface area contributed by atoms with Crippen molar-refractivity contribution >= 4 is 23.5 Å². The van der Waals surface area contributed by atoms with Gasteiger partial charge in [-0.25, -0.2) is 4.98 Å². The summed E-state index contributed by atoms with van der Waals surface area (Å²) in [5.41, 5.74) is 11.2. The Morgan fingerprint density at radius 3 is 2.36 bits per heavy atom. The van der Waals surface area contributed by atoms with Crippen molar-refractivity contribution in [3.63, 3.8) is 0 Å². The Morgan fingerprint density at radius 1 is 1.30 bits per heavy atom. The van der Waals surface area contributed by atoms with E-state index < -0.39 is 6.04 Å². The summed E-state index contributed by atoms with van der Waals surface area (Å²) in [7, 11) is 2.98. The Morgan fingerprint density at radius 2 is 1.91 bits per heavy atom. The first-order valence-corrected chi connectivity index (χ1v) is 12.1. The molecule has 7 nitrogen and oxygen atoms in total. The molecule has 2 heterocycles. The summed E-state index contributed by atoms with van der Waals surface area (Å²) >= 11 is 1.70. The fourth-order valence-corrected chi connectivity index (χ4v) is 4.24. The molecule has 1 aliphatic heterocycles. The summed E-state index contributed by atoms with van der Waals surface area (Å²) < 4.78 is 0. The Hall–Kier alpha value is -2.13. The smallest absolute Gasteiger partial charge is 0.240 e. The molecule has 3 atom stereocenters. The molecule has 4 N–H and O–H groups in total. The van der Waals surface area contributed by atoms with Gasteiger partial charge in [0, 0.05) is 19.7 Å². The fourth-order valence-electron chi connectivity index (χ4n) is 3.43. The highest BCUT2D eigenvalue weighted by molar-refractivity contribution is 7.13. The molecule has 0 bridgehead atoms. The summed E-state index contributed by atoms with van der Waals surface area (Å²) in [5.74, 6) is -0.0999. The summed E-state index contributed by atoms with van der Waals surface area (Å²) in [6.07, 6.45) is 2.51. The molecule has 1 aliphatic rings. The Labute approximate surface area is 202 Å². The molecule has 1 saturated heterocycles. The van der Waals surface area contributed by atoms with Gasteiger partial charge in [0.25, 0.3) is 0 Å². The van der Waals surface area contributed by atoms with Gasteiger partial charge in [0.2, 0.25) is 5.91 Å². The SMILES string of the molecule is CC(C)(C)C(N)C(=O)N1CCC[C@H]1C=O.CN[C@@H](C)c1ccc(-c2scnc2C)cc1.CO. The van der Waals surface area contributed by atoms with Crippen molar-refractivity contribution in [2.75, 3.05) is 20.7 Å². The first-order chi connectivity index (χ1) is 15.6. The zero-order valence-electron chi connectivity index (χ0n) is 21.0. The first-order valence-electron chi connectivity index (χ1n) is 11.2. The van der Waals surface area contributed by atoms with Crippen LogP contribution in [0.15, 0.2) is 29.8 Å². The zero-order chi connectivity index (χ0) is 25.2. The second kappa shape index (κ2) is 13.5. The molecule has 1 fully saturated rings. The predicted octanol–water partition coefficient (Wildman–Crippen LogP) is 3.56. The molecular formula is C25H40N4O3S. The van der Waals surface area contributed by atoms with E-state index in [1.54, 1.807) is 16.2 Å². The molecule has 0 spiro atoms. The van der Waals surface area contributed by atoms with E-state index in [4.69, 9.17) is 10.8 Å². The van der Waals surface area contributed by atoms with E-state index in [-0.39, 0.29) is 17.4 Å². The van der Waals surface area contributed by atoms with Crippen LogP contribution in [0.25, 0.3) is 10.4 Å². The summed E-state index contributed by atoms with van der Waals surface area (Å²) in [5, 5.41) is 10.2. The van der Waals surface area contributed by atoms with Gasteiger partial charge in [-0.05, 0) is 50.3 Å². The normalized spacial score (nSPS) is 17.2. The van der Waals surface area contributed by atoms with Gasteiger partial charge < -0.3 is 25.9 Å². The lowest BCUT2D eigenvalue weighted by Crippen LogP contribution is -2.52. The lowest BCUT2D eigenvalue weighted by Gasteiger charge is -2.31. The number of aromatic nitrogens is 1. The minimum atomic E-state index is -0.530. The van der Waals surface area contributed by atoms with E-state index in [1.165, 1.54) is 16.0 Å². The molecule has 8 heteroatoms. The average molecular weight is 477 g/mol. The van der Waals surface area contributed by atoms with E-state index in [1.807, 2.05) is 33.3 Å². The quantitative estimate of drug-likeness (QED) is 0.570. The van der Waals surface area contributed by atoms with E-state index in [0.717, 1.165) is 31.9 Å². The number of aldehydes is 1. The number of hydrogen-bond donors (Lipinski definition) is 3. The van der Waals surface area contributed by atoms with Crippen LogP contribution in [0.2, 0.25) is 0 Å². The van der Waals surface area contributed by atoms with E-state index in [2.05, 4.69) is 48.4 Å². The molecule has 33 heavy (non-hydrogen) atoms.